The fourth-order valence-electron chi connectivity index (χ4n) is 5.08. The second-order valence-corrected chi connectivity index (χ2v) is 10.8. The minimum Gasteiger partial charge on any atom is -0.480 e. The third-order valence-corrected chi connectivity index (χ3v) is 7.59. The lowest BCUT2D eigenvalue weighted by atomic mass is 9.99. The molecule has 12 heteroatoms. The highest BCUT2D eigenvalue weighted by molar-refractivity contribution is 6.00. The first-order valence-electron chi connectivity index (χ1n) is 14.1. The Morgan fingerprint density at radius 2 is 1.86 bits per heavy atom. The number of benzene rings is 2. The van der Waals surface area contributed by atoms with Gasteiger partial charge in [-0.25, -0.2) is 9.18 Å². The summed E-state index contributed by atoms with van der Waals surface area (Å²) >= 11 is 0. The molecule has 3 amide bonds. The molecule has 44 heavy (non-hydrogen) atoms. The molecule has 1 saturated heterocycles. The van der Waals surface area contributed by atoms with Crippen molar-refractivity contribution in [2.45, 2.75) is 32.2 Å². The van der Waals surface area contributed by atoms with Crippen LogP contribution in [0.4, 0.5) is 20.6 Å². The Morgan fingerprint density at radius 3 is 2.64 bits per heavy atom. The summed E-state index contributed by atoms with van der Waals surface area (Å²) in [6.07, 6.45) is 4.58. The smallest absolute Gasteiger partial charge is 0.323 e. The molecule has 228 valence electrons. The monoisotopic (exact) mass is 600 g/mol. The van der Waals surface area contributed by atoms with Crippen molar-refractivity contribution in [3.05, 3.63) is 90.0 Å². The van der Waals surface area contributed by atoms with Crippen LogP contribution >= 0.6 is 0 Å². The average molecular weight is 601 g/mol. The first-order chi connectivity index (χ1) is 21.1. The number of amides is 3. The molecule has 0 bridgehead atoms. The van der Waals surface area contributed by atoms with Crippen LogP contribution in [-0.2, 0) is 4.79 Å². The number of aromatic amines is 1. The van der Waals surface area contributed by atoms with Crippen molar-refractivity contribution in [1.29, 1.82) is 0 Å². The van der Waals surface area contributed by atoms with Gasteiger partial charge in [-0.05, 0) is 87.3 Å². The van der Waals surface area contributed by atoms with E-state index in [0.717, 1.165) is 12.0 Å². The number of nitrogens with zero attached hydrogens (tertiary/aromatic N) is 2. The molecule has 0 radical (unpaired) electrons. The maximum Gasteiger partial charge on any atom is 0.323 e. The Morgan fingerprint density at radius 1 is 1.07 bits per heavy atom. The molecule has 1 atom stereocenters. The van der Waals surface area contributed by atoms with Crippen molar-refractivity contribution >= 4 is 29.3 Å². The summed E-state index contributed by atoms with van der Waals surface area (Å²) in [6.45, 7) is 4.99. The number of hydrogen-bond donors (Lipinski definition) is 5. The first-order valence-corrected chi connectivity index (χ1v) is 14.1. The van der Waals surface area contributed by atoms with E-state index in [9.17, 15) is 23.9 Å². The number of carboxylic acid groups (broad SMARTS) is 1. The normalized spacial score (nSPS) is 16.3. The Labute approximate surface area is 253 Å². The molecule has 5 N–H and O–H groups in total. The van der Waals surface area contributed by atoms with E-state index in [1.165, 1.54) is 6.07 Å². The number of halogens is 1. The summed E-state index contributed by atoms with van der Waals surface area (Å²) in [7, 11) is 0. The van der Waals surface area contributed by atoms with Crippen LogP contribution in [0.2, 0.25) is 0 Å². The maximum atomic E-state index is 13.9. The van der Waals surface area contributed by atoms with E-state index < -0.39 is 23.4 Å². The van der Waals surface area contributed by atoms with Crippen LogP contribution in [0, 0.1) is 12.7 Å². The SMILES string of the molecule is Cc1ccc(F)c(NC(=O)Nc2ccc(Oc3ccnc(-c4cc(C(=O)NCCN5CCC[C@@]5(C)C(=O)O)c[nH]4)c3)cc2)c1. The van der Waals surface area contributed by atoms with Crippen LogP contribution in [0.15, 0.2) is 73.1 Å². The number of carboxylic acids is 1. The maximum absolute atomic E-state index is 13.9. The molecule has 11 nitrogen and oxygen atoms in total. The number of ether oxygens (including phenoxy) is 1. The summed E-state index contributed by atoms with van der Waals surface area (Å²) < 4.78 is 19.9. The summed E-state index contributed by atoms with van der Waals surface area (Å²) in [5, 5.41) is 17.6. The Kier molecular flexibility index (Phi) is 8.91. The largest absolute Gasteiger partial charge is 0.480 e. The zero-order valence-corrected chi connectivity index (χ0v) is 24.3. The molecule has 0 spiro atoms. The second-order valence-electron chi connectivity index (χ2n) is 10.8. The van der Waals surface area contributed by atoms with Gasteiger partial charge in [0.1, 0.15) is 22.9 Å². The third kappa shape index (κ3) is 7.04. The third-order valence-electron chi connectivity index (χ3n) is 7.59. The molecular weight excluding hydrogens is 567 g/mol. The lowest BCUT2D eigenvalue weighted by Crippen LogP contribution is -2.50. The fourth-order valence-corrected chi connectivity index (χ4v) is 5.08. The molecule has 4 aromatic rings. The van der Waals surface area contributed by atoms with Crippen molar-refractivity contribution in [2.75, 3.05) is 30.3 Å². The number of H-pyrrole nitrogens is 1. The van der Waals surface area contributed by atoms with Gasteiger partial charge in [0.05, 0.1) is 22.6 Å². The van der Waals surface area contributed by atoms with Crippen LogP contribution < -0.4 is 20.7 Å². The second kappa shape index (κ2) is 13.0. The van der Waals surface area contributed by atoms with Crippen LogP contribution in [0.25, 0.3) is 11.4 Å². The number of anilines is 2. The molecule has 0 unspecified atom stereocenters. The Balaban J connectivity index is 1.14. The van der Waals surface area contributed by atoms with E-state index >= 15 is 0 Å². The number of hydrogen-bond acceptors (Lipinski definition) is 6. The van der Waals surface area contributed by atoms with Gasteiger partial charge in [-0.2, -0.15) is 0 Å². The number of pyridine rings is 1. The minimum atomic E-state index is -0.899. The lowest BCUT2D eigenvalue weighted by molar-refractivity contribution is -0.148. The number of carbonyl (C=O) groups is 3. The number of carbonyl (C=O) groups excluding carboxylic acids is 2. The first kappa shape index (κ1) is 30.2. The van der Waals surface area contributed by atoms with Crippen molar-refractivity contribution in [1.82, 2.24) is 20.2 Å². The zero-order chi connectivity index (χ0) is 31.3. The topological polar surface area (TPSA) is 149 Å². The van der Waals surface area contributed by atoms with Gasteiger partial charge in [-0.1, -0.05) is 6.07 Å². The van der Waals surface area contributed by atoms with Crippen molar-refractivity contribution in [3.8, 4) is 22.9 Å². The number of urea groups is 1. The highest BCUT2D eigenvalue weighted by atomic mass is 19.1. The molecule has 1 aliphatic heterocycles. The standard InChI is InChI=1S/C32H33FN6O5/c1-20-4-9-25(33)26(16-20)38-31(43)37-22-5-7-23(8-6-22)44-24-10-12-34-28(18-24)27-17-21(19-36-27)29(40)35-13-15-39-14-3-11-32(39,2)30(41)42/h4-10,12,16-19,36H,3,11,13-15H2,1-2H3,(H,35,40)(H,41,42)(H2,37,38,43)/t32-/m0/s1. The van der Waals surface area contributed by atoms with Gasteiger partial charge in [-0.3, -0.25) is 19.5 Å². The van der Waals surface area contributed by atoms with Crippen molar-refractivity contribution in [3.63, 3.8) is 0 Å². The van der Waals surface area contributed by atoms with Crippen molar-refractivity contribution in [2.24, 2.45) is 0 Å². The van der Waals surface area contributed by atoms with Gasteiger partial charge >= 0.3 is 12.0 Å². The predicted octanol–water partition coefficient (Wildman–Crippen LogP) is 5.63. The number of rotatable bonds is 10. The number of likely N-dealkylation sites (tertiary alicyclic amines) is 1. The summed E-state index contributed by atoms with van der Waals surface area (Å²) in [5.74, 6) is -0.619. The van der Waals surface area contributed by atoms with Gasteiger partial charge < -0.3 is 30.8 Å². The van der Waals surface area contributed by atoms with E-state index in [0.29, 0.717) is 60.2 Å². The molecule has 0 saturated carbocycles. The molecule has 2 aromatic heterocycles. The minimum absolute atomic E-state index is 0.0911. The van der Waals surface area contributed by atoms with Gasteiger partial charge in [0.25, 0.3) is 5.91 Å². The van der Waals surface area contributed by atoms with Crippen LogP contribution in [0.5, 0.6) is 11.5 Å². The van der Waals surface area contributed by atoms with Gasteiger partial charge in [0, 0.05) is 37.2 Å². The van der Waals surface area contributed by atoms with Gasteiger partial charge in [0.2, 0.25) is 0 Å². The highest BCUT2D eigenvalue weighted by Gasteiger charge is 2.42. The molecule has 2 aromatic carbocycles. The van der Waals surface area contributed by atoms with Crippen LogP contribution in [-0.4, -0.2) is 63.1 Å². The van der Waals surface area contributed by atoms with E-state index in [1.807, 2.05) is 4.90 Å². The van der Waals surface area contributed by atoms with Crippen LogP contribution in [0.3, 0.4) is 0 Å². The average Bonchev–Trinajstić information content (AvgIpc) is 3.64. The summed E-state index contributed by atoms with van der Waals surface area (Å²) in [6, 6.07) is 15.7. The molecule has 0 aliphatic carbocycles. The highest BCUT2D eigenvalue weighted by Crippen LogP contribution is 2.29. The van der Waals surface area contributed by atoms with E-state index in [-0.39, 0.29) is 11.6 Å². The summed E-state index contributed by atoms with van der Waals surface area (Å²) in [4.78, 5) is 46.0. The van der Waals surface area contributed by atoms with Gasteiger partial charge in [-0.15, -0.1) is 0 Å². The molecule has 5 rings (SSSR count). The lowest BCUT2D eigenvalue weighted by Gasteiger charge is -2.31. The van der Waals surface area contributed by atoms with E-state index in [1.54, 1.807) is 80.8 Å². The quantitative estimate of drug-likeness (QED) is 0.158. The number of aliphatic carboxylic acids is 1. The molecule has 3 heterocycles. The van der Waals surface area contributed by atoms with E-state index in [4.69, 9.17) is 4.74 Å². The van der Waals surface area contributed by atoms with Gasteiger partial charge in [0.15, 0.2) is 0 Å². The molecule has 1 aliphatic rings. The number of aromatic nitrogens is 2. The molecular formula is C32H33FN6O5. The zero-order valence-electron chi connectivity index (χ0n) is 24.3. The fraction of sp³-hybridized carbons (Fsp3) is 0.250. The Bertz CT molecular complexity index is 1670. The predicted molar refractivity (Wildman–Crippen MR) is 163 cm³/mol. The Hall–Kier alpha value is -5.23. The number of aryl methyl sites for hydroxylation is 1. The van der Waals surface area contributed by atoms with Crippen molar-refractivity contribution < 1.29 is 28.6 Å². The van der Waals surface area contributed by atoms with E-state index in [2.05, 4.69) is 25.9 Å². The van der Waals surface area contributed by atoms with Crippen LogP contribution in [0.1, 0.15) is 35.7 Å². The number of nitrogens with one attached hydrogen (secondary N) is 4. The molecule has 1 fully saturated rings. The summed E-state index contributed by atoms with van der Waals surface area (Å²) in [5.41, 5.74) is 2.11.